The van der Waals surface area contributed by atoms with Gasteiger partial charge in [0.2, 0.25) is 5.88 Å². The molecule has 3 heterocycles. The van der Waals surface area contributed by atoms with Crippen LogP contribution >= 0.6 is 0 Å². The van der Waals surface area contributed by atoms with Gasteiger partial charge in [0.05, 0.1) is 11.9 Å². The van der Waals surface area contributed by atoms with Crippen LogP contribution in [-0.4, -0.2) is 61.8 Å². The summed E-state index contributed by atoms with van der Waals surface area (Å²) >= 11 is 0. The van der Waals surface area contributed by atoms with E-state index in [0.29, 0.717) is 36.5 Å². The molecule has 3 aromatic rings. The van der Waals surface area contributed by atoms with E-state index >= 15 is 0 Å². The summed E-state index contributed by atoms with van der Waals surface area (Å²) in [6.45, 7) is 7.24. The molecular formula is C24H29N5O4. The Morgan fingerprint density at radius 3 is 2.55 bits per heavy atom. The molecule has 9 nitrogen and oxygen atoms in total. The van der Waals surface area contributed by atoms with Crippen molar-refractivity contribution in [3.63, 3.8) is 0 Å². The number of aromatic nitrogens is 3. The molecule has 0 spiro atoms. The Labute approximate surface area is 192 Å². The molecule has 9 heteroatoms. The number of rotatable bonds is 4. The summed E-state index contributed by atoms with van der Waals surface area (Å²) in [5.41, 5.74) is 1.48. The highest BCUT2D eigenvalue weighted by atomic mass is 16.6. The Kier molecular flexibility index (Phi) is 6.22. The number of piperidine rings is 1. The largest absolute Gasteiger partial charge is 0.493 e. The number of carbonyl (C=O) groups excluding carboxylic acids is 2. The number of aromatic hydroxyl groups is 1. The molecule has 1 aliphatic rings. The smallest absolute Gasteiger partial charge is 0.410 e. The van der Waals surface area contributed by atoms with Crippen molar-refractivity contribution in [2.75, 3.05) is 19.6 Å². The van der Waals surface area contributed by atoms with Gasteiger partial charge in [0, 0.05) is 31.3 Å². The first-order chi connectivity index (χ1) is 15.7. The lowest BCUT2D eigenvalue weighted by Crippen LogP contribution is -2.43. The van der Waals surface area contributed by atoms with Crippen LogP contribution in [0.1, 0.15) is 44.0 Å². The molecule has 0 radical (unpaired) electrons. The molecule has 2 N–H and O–H groups in total. The topological polar surface area (TPSA) is 109 Å². The van der Waals surface area contributed by atoms with Gasteiger partial charge in [0.15, 0.2) is 5.65 Å². The number of carbonyl (C=O) groups is 2. The number of hydrogen-bond donors (Lipinski definition) is 2. The summed E-state index contributed by atoms with van der Waals surface area (Å²) in [5.74, 6) is -0.125. The van der Waals surface area contributed by atoms with Gasteiger partial charge in [-0.05, 0) is 39.5 Å². The fourth-order valence-corrected chi connectivity index (χ4v) is 3.84. The Hall–Kier alpha value is -3.62. The highest BCUT2D eigenvalue weighted by molar-refractivity contribution is 6.00. The molecule has 1 fully saturated rings. The number of benzene rings is 1. The molecule has 1 aromatic carbocycles. The van der Waals surface area contributed by atoms with E-state index in [1.807, 2.05) is 51.1 Å². The first kappa shape index (κ1) is 22.6. The minimum atomic E-state index is -0.515. The molecule has 0 aliphatic carbocycles. The second-order valence-corrected chi connectivity index (χ2v) is 9.28. The highest BCUT2D eigenvalue weighted by Gasteiger charge is 2.27. The van der Waals surface area contributed by atoms with Gasteiger partial charge in [-0.2, -0.15) is 9.61 Å². The number of nitrogens with one attached hydrogen (secondary N) is 1. The van der Waals surface area contributed by atoms with Crippen LogP contribution in [0.15, 0.2) is 42.6 Å². The third-order valence-electron chi connectivity index (χ3n) is 5.58. The van der Waals surface area contributed by atoms with E-state index in [-0.39, 0.29) is 23.8 Å². The van der Waals surface area contributed by atoms with Crippen molar-refractivity contribution in [3.8, 4) is 17.1 Å². The van der Waals surface area contributed by atoms with Crippen LogP contribution in [0, 0.1) is 5.92 Å². The minimum Gasteiger partial charge on any atom is -0.493 e. The van der Waals surface area contributed by atoms with Gasteiger partial charge >= 0.3 is 6.09 Å². The molecule has 174 valence electrons. The zero-order valence-electron chi connectivity index (χ0n) is 19.1. The van der Waals surface area contributed by atoms with Gasteiger partial charge in [-0.15, -0.1) is 0 Å². The van der Waals surface area contributed by atoms with Gasteiger partial charge in [0.25, 0.3) is 5.91 Å². The quantitative estimate of drug-likeness (QED) is 0.629. The zero-order chi connectivity index (χ0) is 23.6. The molecule has 2 amide bonds. The van der Waals surface area contributed by atoms with E-state index in [0.717, 1.165) is 18.4 Å². The maximum Gasteiger partial charge on any atom is 0.410 e. The van der Waals surface area contributed by atoms with E-state index < -0.39 is 5.60 Å². The molecular weight excluding hydrogens is 422 g/mol. The lowest BCUT2D eigenvalue weighted by Gasteiger charge is -2.33. The number of likely N-dealkylation sites (tertiary alicyclic amines) is 1. The second kappa shape index (κ2) is 9.09. The summed E-state index contributed by atoms with van der Waals surface area (Å²) in [6.07, 6.45) is 2.69. The monoisotopic (exact) mass is 451 g/mol. The van der Waals surface area contributed by atoms with E-state index in [4.69, 9.17) is 4.74 Å². The SMILES string of the molecule is CC(C)(C)OC(=O)N1CCC(CNC(=O)c2cnn3c(O)cc(-c4ccccc4)nc23)CC1. The number of amides is 2. The van der Waals surface area contributed by atoms with Crippen molar-refractivity contribution in [1.29, 1.82) is 0 Å². The third-order valence-corrected chi connectivity index (χ3v) is 5.58. The van der Waals surface area contributed by atoms with Gasteiger partial charge in [-0.25, -0.2) is 9.78 Å². The summed E-state index contributed by atoms with van der Waals surface area (Å²) in [6, 6.07) is 11.0. The van der Waals surface area contributed by atoms with Gasteiger partial charge in [-0.1, -0.05) is 30.3 Å². The Morgan fingerprint density at radius 1 is 1.18 bits per heavy atom. The van der Waals surface area contributed by atoms with Crippen LogP contribution < -0.4 is 5.32 Å². The van der Waals surface area contributed by atoms with Crippen LogP contribution in [0.25, 0.3) is 16.9 Å². The fourth-order valence-electron chi connectivity index (χ4n) is 3.84. The summed E-state index contributed by atoms with van der Waals surface area (Å²) in [5, 5.41) is 17.4. The van der Waals surface area contributed by atoms with Crippen LogP contribution in [0.5, 0.6) is 5.88 Å². The van der Waals surface area contributed by atoms with Crippen LogP contribution in [-0.2, 0) is 4.74 Å². The maximum absolute atomic E-state index is 12.9. The molecule has 2 aromatic heterocycles. The van der Waals surface area contributed by atoms with Gasteiger partial charge in [0.1, 0.15) is 11.2 Å². The van der Waals surface area contributed by atoms with Gasteiger partial charge in [-0.3, -0.25) is 4.79 Å². The van der Waals surface area contributed by atoms with Crippen molar-refractivity contribution < 1.29 is 19.4 Å². The summed E-state index contributed by atoms with van der Waals surface area (Å²) in [7, 11) is 0. The molecule has 0 bridgehead atoms. The Balaban J connectivity index is 1.39. The third kappa shape index (κ3) is 5.24. The molecule has 0 atom stereocenters. The van der Waals surface area contributed by atoms with Crippen molar-refractivity contribution in [2.45, 2.75) is 39.2 Å². The first-order valence-electron chi connectivity index (χ1n) is 11.1. The fraction of sp³-hybridized carbons (Fsp3) is 0.417. The van der Waals surface area contributed by atoms with E-state index in [1.54, 1.807) is 4.90 Å². The molecule has 0 unspecified atom stereocenters. The highest BCUT2D eigenvalue weighted by Crippen LogP contribution is 2.24. The van der Waals surface area contributed by atoms with E-state index in [9.17, 15) is 14.7 Å². The number of nitrogens with zero attached hydrogens (tertiary/aromatic N) is 4. The molecule has 33 heavy (non-hydrogen) atoms. The zero-order valence-corrected chi connectivity index (χ0v) is 19.1. The molecule has 1 aliphatic heterocycles. The normalized spacial score (nSPS) is 14.9. The number of fused-ring (bicyclic) bond motifs is 1. The average molecular weight is 452 g/mol. The standard InChI is InChI=1S/C24H29N5O4/c1-24(2,3)33-23(32)28-11-9-16(10-12-28)14-25-22(31)18-15-26-29-20(30)13-19(27-21(18)29)17-7-5-4-6-8-17/h4-8,13,15-16,30H,9-12,14H2,1-3H3,(H,25,31). The number of ether oxygens (including phenoxy) is 1. The van der Waals surface area contributed by atoms with Gasteiger partial charge < -0.3 is 20.1 Å². The summed E-state index contributed by atoms with van der Waals surface area (Å²) in [4.78, 5) is 31.4. The maximum atomic E-state index is 12.9. The van der Waals surface area contributed by atoms with Crippen LogP contribution in [0.2, 0.25) is 0 Å². The Morgan fingerprint density at radius 2 is 1.88 bits per heavy atom. The molecule has 0 saturated carbocycles. The molecule has 1 saturated heterocycles. The van der Waals surface area contributed by atoms with E-state index in [1.165, 1.54) is 16.8 Å². The Bertz CT molecular complexity index is 1140. The van der Waals surface area contributed by atoms with Crippen molar-refractivity contribution in [1.82, 2.24) is 24.8 Å². The van der Waals surface area contributed by atoms with Crippen LogP contribution in [0.4, 0.5) is 4.79 Å². The van der Waals surface area contributed by atoms with Crippen molar-refractivity contribution >= 4 is 17.6 Å². The van der Waals surface area contributed by atoms with E-state index in [2.05, 4.69) is 15.4 Å². The van der Waals surface area contributed by atoms with Crippen molar-refractivity contribution in [2.24, 2.45) is 5.92 Å². The summed E-state index contributed by atoms with van der Waals surface area (Å²) < 4.78 is 6.68. The number of hydrogen-bond acceptors (Lipinski definition) is 6. The first-order valence-corrected chi connectivity index (χ1v) is 11.1. The van der Waals surface area contributed by atoms with Crippen LogP contribution in [0.3, 0.4) is 0 Å². The predicted octanol–water partition coefficient (Wildman–Crippen LogP) is 3.48. The average Bonchev–Trinajstić information content (AvgIpc) is 3.22. The molecule has 4 rings (SSSR count). The lowest BCUT2D eigenvalue weighted by molar-refractivity contribution is 0.0183. The second-order valence-electron chi connectivity index (χ2n) is 9.28. The lowest BCUT2D eigenvalue weighted by atomic mass is 9.97. The predicted molar refractivity (Wildman–Crippen MR) is 123 cm³/mol. The van der Waals surface area contributed by atoms with Crippen molar-refractivity contribution in [3.05, 3.63) is 48.2 Å². The minimum absolute atomic E-state index is 0.0904.